The van der Waals surface area contributed by atoms with Gasteiger partial charge in [-0.2, -0.15) is 0 Å². The van der Waals surface area contributed by atoms with Crippen LogP contribution in [0, 0.1) is 6.92 Å². The number of aryl methyl sites for hydroxylation is 1. The zero-order chi connectivity index (χ0) is 20.0. The molecule has 2 atom stereocenters. The standard InChI is InChI=1S/C20H28N2O5/c1-14-6-4-8-18(12-14)27-15(2)20(26)21-10-5-7-17(9-11-21)22(16(3)23)13-19(24)25/h4,6,8,12,15,17H,5,7,9-11,13H2,1-3H3,(H,24,25)/t15-,17+/m1/s1. The number of hydrogen-bond acceptors (Lipinski definition) is 4. The summed E-state index contributed by atoms with van der Waals surface area (Å²) in [6.45, 7) is 5.84. The van der Waals surface area contributed by atoms with E-state index in [4.69, 9.17) is 9.84 Å². The molecule has 0 saturated carbocycles. The van der Waals surface area contributed by atoms with Gasteiger partial charge < -0.3 is 19.6 Å². The fraction of sp³-hybridized carbons (Fsp3) is 0.550. The highest BCUT2D eigenvalue weighted by Gasteiger charge is 2.29. The zero-order valence-corrected chi connectivity index (χ0v) is 16.2. The van der Waals surface area contributed by atoms with Crippen molar-refractivity contribution in [1.29, 1.82) is 0 Å². The summed E-state index contributed by atoms with van der Waals surface area (Å²) in [7, 11) is 0. The zero-order valence-electron chi connectivity index (χ0n) is 16.2. The number of nitrogens with zero attached hydrogens (tertiary/aromatic N) is 2. The largest absolute Gasteiger partial charge is 0.481 e. The molecule has 7 heteroatoms. The summed E-state index contributed by atoms with van der Waals surface area (Å²) in [5, 5.41) is 9.03. The van der Waals surface area contributed by atoms with Crippen LogP contribution in [0.4, 0.5) is 0 Å². The van der Waals surface area contributed by atoms with Gasteiger partial charge in [0.15, 0.2) is 6.10 Å². The second-order valence-corrected chi connectivity index (χ2v) is 7.03. The number of rotatable bonds is 6. The van der Waals surface area contributed by atoms with Crippen molar-refractivity contribution < 1.29 is 24.2 Å². The van der Waals surface area contributed by atoms with Crippen LogP contribution in [0.3, 0.4) is 0 Å². The van der Waals surface area contributed by atoms with E-state index >= 15 is 0 Å². The second kappa shape index (κ2) is 9.39. The van der Waals surface area contributed by atoms with Crippen LogP contribution in [0.1, 0.15) is 38.7 Å². The summed E-state index contributed by atoms with van der Waals surface area (Å²) in [6.07, 6.45) is 1.36. The third-order valence-electron chi connectivity index (χ3n) is 4.81. The molecule has 27 heavy (non-hydrogen) atoms. The molecule has 1 aliphatic heterocycles. The molecule has 1 saturated heterocycles. The Morgan fingerprint density at radius 1 is 1.30 bits per heavy atom. The van der Waals surface area contributed by atoms with Gasteiger partial charge in [0, 0.05) is 26.1 Å². The van der Waals surface area contributed by atoms with Crippen molar-refractivity contribution in [3.05, 3.63) is 29.8 Å². The lowest BCUT2D eigenvalue weighted by Gasteiger charge is -2.29. The van der Waals surface area contributed by atoms with E-state index in [1.807, 2.05) is 31.2 Å². The van der Waals surface area contributed by atoms with E-state index in [0.717, 1.165) is 12.0 Å². The van der Waals surface area contributed by atoms with Gasteiger partial charge in [0.05, 0.1) is 0 Å². The monoisotopic (exact) mass is 376 g/mol. The van der Waals surface area contributed by atoms with Gasteiger partial charge in [-0.3, -0.25) is 14.4 Å². The first-order valence-electron chi connectivity index (χ1n) is 9.29. The number of likely N-dealkylation sites (tertiary alicyclic amines) is 1. The highest BCUT2D eigenvalue weighted by atomic mass is 16.5. The van der Waals surface area contributed by atoms with E-state index in [2.05, 4.69) is 0 Å². The fourth-order valence-electron chi connectivity index (χ4n) is 3.45. The third-order valence-corrected chi connectivity index (χ3v) is 4.81. The number of hydrogen-bond donors (Lipinski definition) is 1. The van der Waals surface area contributed by atoms with Crippen molar-refractivity contribution in [2.24, 2.45) is 0 Å². The molecule has 1 aromatic carbocycles. The minimum absolute atomic E-state index is 0.0928. The predicted octanol–water partition coefficient (Wildman–Crippen LogP) is 2.08. The van der Waals surface area contributed by atoms with Crippen LogP contribution in [0.25, 0.3) is 0 Å². The lowest BCUT2D eigenvalue weighted by atomic mass is 10.1. The fourth-order valence-corrected chi connectivity index (χ4v) is 3.45. The highest BCUT2D eigenvalue weighted by molar-refractivity contribution is 5.81. The number of benzene rings is 1. The number of ether oxygens (including phenoxy) is 1. The first-order chi connectivity index (χ1) is 12.8. The molecule has 1 aromatic rings. The molecule has 0 radical (unpaired) electrons. The molecule has 1 fully saturated rings. The van der Waals surface area contributed by atoms with Crippen molar-refractivity contribution >= 4 is 17.8 Å². The van der Waals surface area contributed by atoms with Crippen LogP contribution in [0.15, 0.2) is 24.3 Å². The maximum absolute atomic E-state index is 12.8. The molecule has 7 nitrogen and oxygen atoms in total. The van der Waals surface area contributed by atoms with Gasteiger partial charge in [0.2, 0.25) is 5.91 Å². The molecular formula is C20H28N2O5. The number of aliphatic carboxylic acids is 1. The first kappa shape index (κ1) is 20.7. The maximum Gasteiger partial charge on any atom is 0.323 e. The molecule has 0 spiro atoms. The van der Waals surface area contributed by atoms with Gasteiger partial charge in [-0.25, -0.2) is 0 Å². The number of carbonyl (C=O) groups excluding carboxylic acids is 2. The summed E-state index contributed by atoms with van der Waals surface area (Å²) in [5.41, 5.74) is 1.06. The van der Waals surface area contributed by atoms with Crippen LogP contribution in [-0.2, 0) is 14.4 Å². The van der Waals surface area contributed by atoms with Crippen molar-refractivity contribution in [1.82, 2.24) is 9.80 Å². The van der Waals surface area contributed by atoms with Crippen LogP contribution in [-0.4, -0.2) is 64.5 Å². The number of carboxylic acids is 1. The Morgan fingerprint density at radius 2 is 2.04 bits per heavy atom. The summed E-state index contributed by atoms with van der Waals surface area (Å²) < 4.78 is 5.78. The summed E-state index contributed by atoms with van der Waals surface area (Å²) in [6, 6.07) is 7.40. The van der Waals surface area contributed by atoms with Gasteiger partial charge >= 0.3 is 5.97 Å². The molecule has 0 bridgehead atoms. The van der Waals surface area contributed by atoms with Crippen molar-refractivity contribution in [3.8, 4) is 5.75 Å². The lowest BCUT2D eigenvalue weighted by molar-refractivity contribution is -0.145. The van der Waals surface area contributed by atoms with Crippen molar-refractivity contribution in [2.45, 2.75) is 52.2 Å². The summed E-state index contributed by atoms with van der Waals surface area (Å²) in [4.78, 5) is 38.7. The van der Waals surface area contributed by atoms with E-state index in [1.165, 1.54) is 11.8 Å². The lowest BCUT2D eigenvalue weighted by Crippen LogP contribution is -2.44. The first-order valence-corrected chi connectivity index (χ1v) is 9.29. The van der Waals surface area contributed by atoms with Gasteiger partial charge in [0.1, 0.15) is 12.3 Å². The summed E-state index contributed by atoms with van der Waals surface area (Å²) in [5.74, 6) is -0.710. The number of carboxylic acid groups (broad SMARTS) is 1. The van der Waals surface area contributed by atoms with Gasteiger partial charge in [0.25, 0.3) is 5.91 Å². The van der Waals surface area contributed by atoms with E-state index in [1.54, 1.807) is 11.8 Å². The van der Waals surface area contributed by atoms with E-state index < -0.39 is 12.1 Å². The molecule has 2 amide bonds. The van der Waals surface area contributed by atoms with Gasteiger partial charge in [-0.05, 0) is 50.8 Å². The number of carbonyl (C=O) groups is 3. The van der Waals surface area contributed by atoms with E-state index in [9.17, 15) is 14.4 Å². The average molecular weight is 376 g/mol. The van der Waals surface area contributed by atoms with Crippen LogP contribution in [0.2, 0.25) is 0 Å². The van der Waals surface area contributed by atoms with Gasteiger partial charge in [-0.1, -0.05) is 12.1 Å². The maximum atomic E-state index is 12.8. The minimum atomic E-state index is -1.03. The Bertz CT molecular complexity index is 691. The van der Waals surface area contributed by atoms with Crippen molar-refractivity contribution in [2.75, 3.05) is 19.6 Å². The smallest absolute Gasteiger partial charge is 0.323 e. The molecule has 1 heterocycles. The molecule has 0 unspecified atom stereocenters. The predicted molar refractivity (Wildman–Crippen MR) is 101 cm³/mol. The Labute approximate surface area is 159 Å². The Morgan fingerprint density at radius 3 is 2.67 bits per heavy atom. The van der Waals surface area contributed by atoms with E-state index in [0.29, 0.717) is 31.7 Å². The quantitative estimate of drug-likeness (QED) is 0.821. The molecule has 148 valence electrons. The van der Waals surface area contributed by atoms with Gasteiger partial charge in [-0.15, -0.1) is 0 Å². The molecular weight excluding hydrogens is 348 g/mol. The third kappa shape index (κ3) is 5.98. The Kier molecular flexibility index (Phi) is 7.21. The normalized spacial score (nSPS) is 18.3. The minimum Gasteiger partial charge on any atom is -0.481 e. The van der Waals surface area contributed by atoms with Crippen molar-refractivity contribution in [3.63, 3.8) is 0 Å². The second-order valence-electron chi connectivity index (χ2n) is 7.03. The molecule has 1 aliphatic rings. The average Bonchev–Trinajstić information content (AvgIpc) is 2.84. The Balaban J connectivity index is 1.96. The topological polar surface area (TPSA) is 87.2 Å². The molecule has 1 N–H and O–H groups in total. The van der Waals surface area contributed by atoms with Crippen LogP contribution >= 0.6 is 0 Å². The van der Waals surface area contributed by atoms with Crippen LogP contribution < -0.4 is 4.74 Å². The van der Waals surface area contributed by atoms with Crippen LogP contribution in [0.5, 0.6) is 5.75 Å². The summed E-state index contributed by atoms with van der Waals surface area (Å²) >= 11 is 0. The SMILES string of the molecule is CC(=O)N(CC(=O)O)[C@H]1CCCN(C(=O)[C@@H](C)Oc2cccc(C)c2)CC1. The number of amides is 2. The highest BCUT2D eigenvalue weighted by Crippen LogP contribution is 2.20. The molecule has 2 rings (SSSR count). The van der Waals surface area contributed by atoms with E-state index in [-0.39, 0.29) is 24.4 Å². The Hall–Kier alpha value is -2.57. The molecule has 0 aliphatic carbocycles. The molecule has 0 aromatic heterocycles.